The van der Waals surface area contributed by atoms with Crippen LogP contribution in [0.3, 0.4) is 0 Å². The van der Waals surface area contributed by atoms with Gasteiger partial charge in [-0.3, -0.25) is 4.79 Å². The first kappa shape index (κ1) is 20.3. The van der Waals surface area contributed by atoms with E-state index in [2.05, 4.69) is 0 Å². The Kier molecular flexibility index (Phi) is 5.93. The van der Waals surface area contributed by atoms with Crippen molar-refractivity contribution in [2.24, 2.45) is 5.92 Å². The molecule has 2 aromatic rings. The second-order valence-electron chi connectivity index (χ2n) is 7.74. The second-order valence-corrected chi connectivity index (χ2v) is 7.74. The van der Waals surface area contributed by atoms with Gasteiger partial charge in [0.05, 0.1) is 20.8 Å². The van der Waals surface area contributed by atoms with Gasteiger partial charge in [-0.25, -0.2) is 4.79 Å². The maximum atomic E-state index is 12.2. The van der Waals surface area contributed by atoms with Crippen molar-refractivity contribution in [3.63, 3.8) is 0 Å². The second kappa shape index (κ2) is 8.78. The van der Waals surface area contributed by atoms with Crippen LogP contribution in [-0.2, 0) is 16.0 Å². The number of methoxy groups -OCH3 is 2. The maximum absolute atomic E-state index is 12.2. The van der Waals surface area contributed by atoms with Gasteiger partial charge in [-0.2, -0.15) is 0 Å². The number of benzene rings is 2. The Morgan fingerprint density at radius 1 is 1.00 bits per heavy atom. The molecule has 6 heteroatoms. The van der Waals surface area contributed by atoms with Crippen LogP contribution < -0.4 is 14.2 Å². The predicted molar refractivity (Wildman–Crippen MR) is 111 cm³/mol. The maximum Gasteiger partial charge on any atom is 0.344 e. The highest BCUT2D eigenvalue weighted by atomic mass is 16.6. The van der Waals surface area contributed by atoms with E-state index in [-0.39, 0.29) is 12.4 Å². The van der Waals surface area contributed by atoms with Crippen LogP contribution in [0.15, 0.2) is 30.3 Å². The number of hydrogen-bond donors (Lipinski definition) is 0. The van der Waals surface area contributed by atoms with Crippen LogP contribution in [0.1, 0.15) is 41.6 Å². The van der Waals surface area contributed by atoms with Crippen LogP contribution >= 0.6 is 0 Å². The van der Waals surface area contributed by atoms with E-state index < -0.39 is 5.97 Å². The fourth-order valence-corrected chi connectivity index (χ4v) is 3.94. The highest BCUT2D eigenvalue weighted by Crippen LogP contribution is 2.45. The Balaban J connectivity index is 1.60. The lowest BCUT2D eigenvalue weighted by Crippen LogP contribution is -2.23. The van der Waals surface area contributed by atoms with Gasteiger partial charge >= 0.3 is 5.97 Å². The molecule has 30 heavy (non-hydrogen) atoms. The number of carbonyl (C=O) groups is 2. The third kappa shape index (κ3) is 3.99. The van der Waals surface area contributed by atoms with Crippen LogP contribution in [-0.4, -0.2) is 39.2 Å². The molecule has 158 valence electrons. The number of fused-ring (bicyclic) bond motifs is 1. The summed E-state index contributed by atoms with van der Waals surface area (Å²) in [5, 5.41) is 0. The Morgan fingerprint density at radius 3 is 2.50 bits per heavy atom. The lowest BCUT2D eigenvalue weighted by atomic mass is 9.86. The van der Waals surface area contributed by atoms with Crippen molar-refractivity contribution in [3.05, 3.63) is 41.5 Å². The van der Waals surface area contributed by atoms with Crippen molar-refractivity contribution in [1.82, 2.24) is 0 Å². The number of aryl methyl sites for hydroxylation is 1. The quantitative estimate of drug-likeness (QED) is 0.607. The van der Waals surface area contributed by atoms with Gasteiger partial charge in [0, 0.05) is 17.5 Å². The largest absolute Gasteiger partial charge is 0.493 e. The molecule has 0 amide bonds. The van der Waals surface area contributed by atoms with Crippen molar-refractivity contribution < 1.29 is 28.5 Å². The third-order valence-corrected chi connectivity index (χ3v) is 5.88. The van der Waals surface area contributed by atoms with Crippen LogP contribution in [0, 0.1) is 5.92 Å². The summed E-state index contributed by atoms with van der Waals surface area (Å²) < 4.78 is 22.2. The summed E-state index contributed by atoms with van der Waals surface area (Å²) in [4.78, 5) is 24.2. The van der Waals surface area contributed by atoms with Gasteiger partial charge in [0.25, 0.3) is 0 Å². The van der Waals surface area contributed by atoms with Gasteiger partial charge < -0.3 is 18.9 Å². The number of hydrogen-bond acceptors (Lipinski definition) is 6. The Labute approximate surface area is 176 Å². The molecule has 0 heterocycles. The van der Waals surface area contributed by atoms with E-state index in [1.54, 1.807) is 13.2 Å². The topological polar surface area (TPSA) is 71.1 Å². The molecule has 0 saturated heterocycles. The highest BCUT2D eigenvalue weighted by molar-refractivity contribution is 6.01. The molecule has 0 radical (unpaired) electrons. The summed E-state index contributed by atoms with van der Waals surface area (Å²) in [6.45, 7) is 0.232. The van der Waals surface area contributed by atoms with Gasteiger partial charge in [0.2, 0.25) is 5.75 Å². The fourth-order valence-electron chi connectivity index (χ4n) is 3.94. The number of rotatable bonds is 8. The zero-order chi connectivity index (χ0) is 21.1. The van der Waals surface area contributed by atoms with Crippen LogP contribution in [0.25, 0.3) is 11.1 Å². The lowest BCUT2D eigenvalue weighted by Gasteiger charge is -2.24. The molecule has 0 bridgehead atoms. The van der Waals surface area contributed by atoms with Crippen molar-refractivity contribution in [3.8, 4) is 28.4 Å². The highest BCUT2D eigenvalue weighted by Gasteiger charge is 2.24. The minimum Gasteiger partial charge on any atom is -0.493 e. The van der Waals surface area contributed by atoms with Crippen LogP contribution in [0.2, 0.25) is 0 Å². The number of Topliss-reactive ketones (excluding diaryl/α,β-unsaturated/α-hetero) is 1. The summed E-state index contributed by atoms with van der Waals surface area (Å²) >= 11 is 0. The molecule has 2 aliphatic carbocycles. The van der Waals surface area contributed by atoms with Crippen molar-refractivity contribution in [2.45, 2.75) is 32.1 Å². The van der Waals surface area contributed by atoms with Crippen molar-refractivity contribution in [2.75, 3.05) is 27.4 Å². The normalized spacial score (nSPS) is 15.3. The fraction of sp³-hybridized carbons (Fsp3) is 0.417. The smallest absolute Gasteiger partial charge is 0.344 e. The summed E-state index contributed by atoms with van der Waals surface area (Å²) in [6, 6.07) is 9.42. The number of ketones is 1. The molecule has 4 rings (SSSR count). The van der Waals surface area contributed by atoms with E-state index in [0.717, 1.165) is 41.5 Å². The Morgan fingerprint density at radius 2 is 1.80 bits per heavy atom. The van der Waals surface area contributed by atoms with Gasteiger partial charge in [-0.15, -0.1) is 0 Å². The zero-order valence-corrected chi connectivity index (χ0v) is 17.4. The Hall–Kier alpha value is -3.02. The van der Waals surface area contributed by atoms with Gasteiger partial charge in [0.15, 0.2) is 23.9 Å². The molecular weight excluding hydrogens is 384 g/mol. The molecular formula is C24H26O6. The summed E-state index contributed by atoms with van der Waals surface area (Å²) in [5.41, 5.74) is 3.46. The predicted octanol–water partition coefficient (Wildman–Crippen LogP) is 4.22. The van der Waals surface area contributed by atoms with E-state index in [0.29, 0.717) is 36.2 Å². The molecule has 0 aromatic heterocycles. The van der Waals surface area contributed by atoms with E-state index in [9.17, 15) is 9.59 Å². The van der Waals surface area contributed by atoms with Crippen LogP contribution in [0.4, 0.5) is 0 Å². The standard InChI is InChI=1S/C24H26O6/c1-27-21-11-9-19(17-6-8-18-16(12-17)7-10-20(18)25)23(24(21)28-2)30-14-22(26)29-13-15-4-3-5-15/h6,8-9,11-12,15H,3-5,7,10,13-14H2,1-2H3. The first-order chi connectivity index (χ1) is 14.6. The monoisotopic (exact) mass is 410 g/mol. The zero-order valence-electron chi connectivity index (χ0n) is 17.4. The molecule has 0 atom stereocenters. The molecule has 1 saturated carbocycles. The summed E-state index contributed by atoms with van der Waals surface area (Å²) in [6.07, 6.45) is 4.71. The van der Waals surface area contributed by atoms with Gasteiger partial charge in [-0.1, -0.05) is 24.6 Å². The number of esters is 1. The van der Waals surface area contributed by atoms with Gasteiger partial charge in [0.1, 0.15) is 0 Å². The van der Waals surface area contributed by atoms with E-state index in [1.165, 1.54) is 13.5 Å². The summed E-state index contributed by atoms with van der Waals surface area (Å²) in [7, 11) is 3.08. The minimum atomic E-state index is -0.405. The SMILES string of the molecule is COc1ccc(-c2ccc3c(c2)CCC3=O)c(OCC(=O)OCC2CCC2)c1OC. The lowest BCUT2D eigenvalue weighted by molar-refractivity contribution is -0.148. The van der Waals surface area contributed by atoms with E-state index in [1.807, 2.05) is 24.3 Å². The molecule has 0 N–H and O–H groups in total. The molecule has 0 unspecified atom stereocenters. The first-order valence-electron chi connectivity index (χ1n) is 10.3. The average molecular weight is 410 g/mol. The summed E-state index contributed by atoms with van der Waals surface area (Å²) in [5.74, 6) is 1.59. The molecule has 0 aliphatic heterocycles. The molecule has 2 aliphatic rings. The molecule has 0 spiro atoms. The number of carbonyl (C=O) groups excluding carboxylic acids is 2. The first-order valence-corrected chi connectivity index (χ1v) is 10.3. The van der Waals surface area contributed by atoms with Crippen LogP contribution in [0.5, 0.6) is 17.2 Å². The Bertz CT molecular complexity index is 960. The molecule has 2 aromatic carbocycles. The third-order valence-electron chi connectivity index (χ3n) is 5.88. The molecule has 6 nitrogen and oxygen atoms in total. The minimum absolute atomic E-state index is 0.176. The van der Waals surface area contributed by atoms with Crippen molar-refractivity contribution in [1.29, 1.82) is 0 Å². The van der Waals surface area contributed by atoms with Crippen molar-refractivity contribution >= 4 is 11.8 Å². The van der Waals surface area contributed by atoms with Gasteiger partial charge in [-0.05, 0) is 48.4 Å². The van der Waals surface area contributed by atoms with E-state index >= 15 is 0 Å². The average Bonchev–Trinajstić information content (AvgIpc) is 3.10. The molecule has 1 fully saturated rings. The van der Waals surface area contributed by atoms with E-state index in [4.69, 9.17) is 18.9 Å². The number of ether oxygens (including phenoxy) is 4.